The first-order chi connectivity index (χ1) is 7.07. The molecule has 1 N–H and O–H groups in total. The van der Waals surface area contributed by atoms with Gasteiger partial charge in [0.2, 0.25) is 0 Å². The molecule has 2 rings (SSSR count). The number of furan rings is 1. The molecule has 0 unspecified atom stereocenters. The second-order valence-electron chi connectivity index (χ2n) is 5.15. The molecule has 0 spiro atoms. The minimum absolute atomic E-state index is 0.303. The molecule has 0 saturated carbocycles. The summed E-state index contributed by atoms with van der Waals surface area (Å²) in [7, 11) is 0. The Bertz CT molecular complexity index is 330. The number of aryl methyl sites for hydroxylation is 1. The Kier molecular flexibility index (Phi) is 2.74. The Hall–Kier alpha value is -0.960. The zero-order valence-electron chi connectivity index (χ0n) is 9.84. The summed E-state index contributed by atoms with van der Waals surface area (Å²) in [5.74, 6) is 1.99. The molecule has 1 aliphatic rings. The van der Waals surface area contributed by atoms with Crippen LogP contribution in [0.4, 0.5) is 5.88 Å². The Morgan fingerprint density at radius 1 is 1.40 bits per heavy atom. The molecule has 0 atom stereocenters. The van der Waals surface area contributed by atoms with Gasteiger partial charge in [0.05, 0.1) is 0 Å². The topological polar surface area (TPSA) is 28.4 Å². The minimum Gasteiger partial charge on any atom is -0.446 e. The van der Waals surface area contributed by atoms with Crippen molar-refractivity contribution in [1.82, 2.24) is 5.32 Å². The van der Waals surface area contributed by atoms with E-state index < -0.39 is 0 Å². The van der Waals surface area contributed by atoms with Crippen molar-refractivity contribution in [2.24, 2.45) is 5.41 Å². The molecule has 0 amide bonds. The fraction of sp³-hybridized carbons (Fsp3) is 0.667. The summed E-state index contributed by atoms with van der Waals surface area (Å²) < 4.78 is 5.67. The molecule has 1 aromatic rings. The van der Waals surface area contributed by atoms with Crippen LogP contribution in [0.5, 0.6) is 0 Å². The van der Waals surface area contributed by atoms with Gasteiger partial charge in [0.15, 0.2) is 5.88 Å². The predicted molar refractivity (Wildman–Crippen MR) is 62.3 cm³/mol. The molecule has 0 bridgehead atoms. The molecular formula is C12H20N2O. The molecule has 3 nitrogen and oxygen atoms in total. The lowest BCUT2D eigenvalue weighted by Crippen LogP contribution is -2.34. The molecule has 15 heavy (non-hydrogen) atoms. The van der Waals surface area contributed by atoms with Gasteiger partial charge in [0.25, 0.3) is 0 Å². The highest BCUT2D eigenvalue weighted by Crippen LogP contribution is 2.24. The van der Waals surface area contributed by atoms with Crippen LogP contribution in [0.25, 0.3) is 0 Å². The van der Waals surface area contributed by atoms with Crippen molar-refractivity contribution in [3.05, 3.63) is 17.9 Å². The average Bonchev–Trinajstić information content (AvgIpc) is 2.49. The van der Waals surface area contributed by atoms with E-state index in [0.29, 0.717) is 5.41 Å². The SMILES string of the molecule is Cc1ccc(N2CCNCC(C)(C)C2)o1. The highest BCUT2D eigenvalue weighted by molar-refractivity contribution is 5.37. The number of hydrogen-bond acceptors (Lipinski definition) is 3. The van der Waals surface area contributed by atoms with Crippen molar-refractivity contribution >= 4 is 5.88 Å². The van der Waals surface area contributed by atoms with E-state index in [9.17, 15) is 0 Å². The van der Waals surface area contributed by atoms with Crippen LogP contribution in [-0.2, 0) is 0 Å². The van der Waals surface area contributed by atoms with E-state index in [4.69, 9.17) is 4.42 Å². The number of nitrogens with zero attached hydrogens (tertiary/aromatic N) is 1. The van der Waals surface area contributed by atoms with Crippen molar-refractivity contribution < 1.29 is 4.42 Å². The van der Waals surface area contributed by atoms with E-state index >= 15 is 0 Å². The summed E-state index contributed by atoms with van der Waals surface area (Å²) in [6, 6.07) is 4.09. The summed E-state index contributed by atoms with van der Waals surface area (Å²) >= 11 is 0. The molecule has 0 aromatic carbocycles. The fourth-order valence-electron chi connectivity index (χ4n) is 2.07. The maximum Gasteiger partial charge on any atom is 0.195 e. The van der Waals surface area contributed by atoms with E-state index in [0.717, 1.165) is 37.8 Å². The van der Waals surface area contributed by atoms with E-state index in [1.807, 2.05) is 13.0 Å². The highest BCUT2D eigenvalue weighted by Gasteiger charge is 2.25. The first kappa shape index (κ1) is 10.6. The molecule has 1 aliphatic heterocycles. The number of rotatable bonds is 1. The average molecular weight is 208 g/mol. The second-order valence-corrected chi connectivity index (χ2v) is 5.15. The van der Waals surface area contributed by atoms with Crippen LogP contribution in [0.2, 0.25) is 0 Å². The van der Waals surface area contributed by atoms with Crippen LogP contribution < -0.4 is 10.2 Å². The Morgan fingerprint density at radius 3 is 2.87 bits per heavy atom. The Balaban J connectivity index is 2.14. The quantitative estimate of drug-likeness (QED) is 0.765. The van der Waals surface area contributed by atoms with Gasteiger partial charge in [-0.25, -0.2) is 0 Å². The van der Waals surface area contributed by atoms with Crippen LogP contribution in [0.3, 0.4) is 0 Å². The van der Waals surface area contributed by atoms with Gasteiger partial charge in [-0.1, -0.05) is 13.8 Å². The maximum absolute atomic E-state index is 5.67. The van der Waals surface area contributed by atoms with E-state index in [2.05, 4.69) is 30.1 Å². The van der Waals surface area contributed by atoms with Crippen molar-refractivity contribution in [1.29, 1.82) is 0 Å². The lowest BCUT2D eigenvalue weighted by molar-refractivity contribution is 0.364. The molecule has 1 fully saturated rings. The van der Waals surface area contributed by atoms with Gasteiger partial charge in [0.1, 0.15) is 5.76 Å². The third kappa shape index (κ3) is 2.53. The van der Waals surface area contributed by atoms with Crippen LogP contribution in [-0.4, -0.2) is 26.2 Å². The number of nitrogens with one attached hydrogen (secondary N) is 1. The largest absolute Gasteiger partial charge is 0.446 e. The summed E-state index contributed by atoms with van der Waals surface area (Å²) in [5.41, 5.74) is 0.303. The molecule has 0 aliphatic carbocycles. The second kappa shape index (κ2) is 3.89. The Morgan fingerprint density at radius 2 is 2.20 bits per heavy atom. The standard InChI is InChI=1S/C12H20N2O/c1-10-4-5-11(15-10)14-7-6-13-8-12(2,3)9-14/h4-5,13H,6-9H2,1-3H3. The summed E-state index contributed by atoms with van der Waals surface area (Å²) in [5, 5.41) is 3.46. The van der Waals surface area contributed by atoms with Crippen molar-refractivity contribution in [2.45, 2.75) is 20.8 Å². The van der Waals surface area contributed by atoms with Crippen molar-refractivity contribution in [3.8, 4) is 0 Å². The fourth-order valence-corrected chi connectivity index (χ4v) is 2.07. The first-order valence-corrected chi connectivity index (χ1v) is 5.59. The van der Waals surface area contributed by atoms with Crippen molar-refractivity contribution in [3.63, 3.8) is 0 Å². The lowest BCUT2D eigenvalue weighted by atomic mass is 9.93. The van der Waals surface area contributed by atoms with Gasteiger partial charge < -0.3 is 14.6 Å². The predicted octanol–water partition coefficient (Wildman–Crippen LogP) is 2.02. The third-order valence-corrected chi connectivity index (χ3v) is 2.82. The van der Waals surface area contributed by atoms with Gasteiger partial charge in [-0.05, 0) is 18.4 Å². The molecule has 1 aromatic heterocycles. The van der Waals surface area contributed by atoms with E-state index in [1.54, 1.807) is 0 Å². The number of anilines is 1. The molecule has 0 radical (unpaired) electrons. The normalized spacial score (nSPS) is 21.4. The van der Waals surface area contributed by atoms with E-state index in [-0.39, 0.29) is 0 Å². The lowest BCUT2D eigenvalue weighted by Gasteiger charge is -2.28. The van der Waals surface area contributed by atoms with Crippen LogP contribution >= 0.6 is 0 Å². The molecule has 2 heterocycles. The zero-order chi connectivity index (χ0) is 10.9. The number of hydrogen-bond donors (Lipinski definition) is 1. The van der Waals surface area contributed by atoms with Gasteiger partial charge >= 0.3 is 0 Å². The molecule has 1 saturated heterocycles. The zero-order valence-corrected chi connectivity index (χ0v) is 9.84. The van der Waals surface area contributed by atoms with Gasteiger partial charge in [0, 0.05) is 32.2 Å². The van der Waals surface area contributed by atoms with Gasteiger partial charge in [-0.3, -0.25) is 0 Å². The monoisotopic (exact) mass is 208 g/mol. The van der Waals surface area contributed by atoms with Crippen LogP contribution in [0.1, 0.15) is 19.6 Å². The smallest absolute Gasteiger partial charge is 0.195 e. The minimum atomic E-state index is 0.303. The Labute approximate surface area is 91.4 Å². The van der Waals surface area contributed by atoms with Crippen LogP contribution in [0.15, 0.2) is 16.5 Å². The first-order valence-electron chi connectivity index (χ1n) is 5.59. The summed E-state index contributed by atoms with van der Waals surface area (Å²) in [6.07, 6.45) is 0. The molecular weight excluding hydrogens is 188 g/mol. The maximum atomic E-state index is 5.67. The van der Waals surface area contributed by atoms with Gasteiger partial charge in [-0.2, -0.15) is 0 Å². The summed E-state index contributed by atoms with van der Waals surface area (Å²) in [6.45, 7) is 10.7. The van der Waals surface area contributed by atoms with Gasteiger partial charge in [-0.15, -0.1) is 0 Å². The molecule has 84 valence electrons. The van der Waals surface area contributed by atoms with Crippen molar-refractivity contribution in [2.75, 3.05) is 31.1 Å². The highest BCUT2D eigenvalue weighted by atomic mass is 16.4. The molecule has 3 heteroatoms. The van der Waals surface area contributed by atoms with Crippen LogP contribution in [0, 0.1) is 12.3 Å². The van der Waals surface area contributed by atoms with E-state index in [1.165, 1.54) is 0 Å². The summed E-state index contributed by atoms with van der Waals surface area (Å²) in [4.78, 5) is 2.33. The third-order valence-electron chi connectivity index (χ3n) is 2.82.